The lowest BCUT2D eigenvalue weighted by molar-refractivity contribution is 0.342. The number of hydrogen-bond acceptors (Lipinski definition) is 3. The smallest absolute Gasteiger partial charge is 0.256 e. The molecule has 1 aliphatic rings. The van der Waals surface area contributed by atoms with Gasteiger partial charge in [0.1, 0.15) is 0 Å². The van der Waals surface area contributed by atoms with Crippen molar-refractivity contribution in [2.45, 2.75) is 13.0 Å². The fourth-order valence-corrected chi connectivity index (χ4v) is 1.52. The summed E-state index contributed by atoms with van der Waals surface area (Å²) in [5, 5.41) is 0. The van der Waals surface area contributed by atoms with E-state index >= 15 is 0 Å². The molecule has 0 radical (unpaired) electrons. The van der Waals surface area contributed by atoms with Crippen LogP contribution in [0, 0.1) is 0 Å². The van der Waals surface area contributed by atoms with E-state index in [2.05, 4.69) is 8.91 Å². The van der Waals surface area contributed by atoms with Gasteiger partial charge in [0.2, 0.25) is 0 Å². The van der Waals surface area contributed by atoms with Crippen LogP contribution in [0.15, 0.2) is 0 Å². The first-order chi connectivity index (χ1) is 3.60. The molecule has 0 spiro atoms. The van der Waals surface area contributed by atoms with Crippen molar-refractivity contribution in [2.24, 2.45) is 0 Å². The van der Waals surface area contributed by atoms with Crippen LogP contribution < -0.4 is 4.72 Å². The maximum absolute atomic E-state index is 10.3. The average molecular weight is 137 g/mol. The first-order valence-corrected chi connectivity index (χ1v) is 3.68. The van der Waals surface area contributed by atoms with Crippen LogP contribution in [-0.2, 0) is 14.5 Å². The summed E-state index contributed by atoms with van der Waals surface area (Å²) in [6, 6.07) is -0.0694. The fourth-order valence-electron chi connectivity index (χ4n) is 0.506. The molecule has 1 aliphatic heterocycles. The summed E-state index contributed by atoms with van der Waals surface area (Å²) in [4.78, 5) is 0. The van der Waals surface area contributed by atoms with E-state index in [1.807, 2.05) is 0 Å². The molecule has 48 valence electrons. The van der Waals surface area contributed by atoms with Crippen LogP contribution in [-0.4, -0.2) is 21.1 Å². The second-order valence-corrected chi connectivity index (χ2v) is 3.14. The standard InChI is InChI=1S/C3H7NO3S/c1-3-2-7-8(5,6)4-3/h3-4H,2H2,1H3. The van der Waals surface area contributed by atoms with Gasteiger partial charge in [-0.3, -0.25) is 4.18 Å². The molecule has 8 heavy (non-hydrogen) atoms. The van der Waals surface area contributed by atoms with E-state index < -0.39 is 10.3 Å². The van der Waals surface area contributed by atoms with Crippen molar-refractivity contribution in [2.75, 3.05) is 6.61 Å². The molecule has 1 N–H and O–H groups in total. The lowest BCUT2D eigenvalue weighted by Gasteiger charge is -1.90. The Bertz CT molecular complexity index is 173. The summed E-state index contributed by atoms with van der Waals surface area (Å²) in [5.74, 6) is 0. The van der Waals surface area contributed by atoms with Gasteiger partial charge in [0.25, 0.3) is 0 Å². The van der Waals surface area contributed by atoms with E-state index in [9.17, 15) is 8.42 Å². The van der Waals surface area contributed by atoms with E-state index in [4.69, 9.17) is 0 Å². The number of rotatable bonds is 0. The molecule has 4 nitrogen and oxygen atoms in total. The summed E-state index contributed by atoms with van der Waals surface area (Å²) in [5.41, 5.74) is 0. The third-order valence-electron chi connectivity index (χ3n) is 0.819. The SMILES string of the molecule is CC1COS(=O)(=O)N1. The Labute approximate surface area is 48.1 Å². The van der Waals surface area contributed by atoms with Crippen LogP contribution in [0.1, 0.15) is 6.92 Å². The Balaban J connectivity index is 2.71. The zero-order valence-corrected chi connectivity index (χ0v) is 5.23. The van der Waals surface area contributed by atoms with Crippen molar-refractivity contribution >= 4 is 10.3 Å². The zero-order valence-electron chi connectivity index (χ0n) is 4.42. The molecule has 0 amide bonds. The lowest BCUT2D eigenvalue weighted by atomic mass is 10.4. The molecule has 1 rings (SSSR count). The summed E-state index contributed by atoms with van der Waals surface area (Å²) in [7, 11) is -3.35. The van der Waals surface area contributed by atoms with Crippen LogP contribution in [0.3, 0.4) is 0 Å². The first kappa shape index (κ1) is 6.00. The number of hydrogen-bond donors (Lipinski definition) is 1. The molecule has 0 aromatic heterocycles. The third-order valence-corrected chi connectivity index (χ3v) is 1.96. The average Bonchev–Trinajstić information content (AvgIpc) is 1.82. The molecule has 0 aromatic carbocycles. The van der Waals surface area contributed by atoms with Crippen LogP contribution in [0.5, 0.6) is 0 Å². The normalized spacial score (nSPS) is 35.4. The van der Waals surface area contributed by atoms with E-state index in [0.29, 0.717) is 0 Å². The van der Waals surface area contributed by atoms with Crippen molar-refractivity contribution < 1.29 is 12.6 Å². The second-order valence-electron chi connectivity index (χ2n) is 1.76. The molecular formula is C3H7NO3S. The van der Waals surface area contributed by atoms with Gasteiger partial charge in [0.05, 0.1) is 6.61 Å². The number of nitrogens with one attached hydrogen (secondary N) is 1. The highest BCUT2D eigenvalue weighted by atomic mass is 32.2. The minimum atomic E-state index is -3.35. The molecule has 0 aliphatic carbocycles. The monoisotopic (exact) mass is 137 g/mol. The first-order valence-electron chi connectivity index (χ1n) is 2.27. The third kappa shape index (κ3) is 1.18. The van der Waals surface area contributed by atoms with Gasteiger partial charge in [-0.05, 0) is 6.92 Å². The highest BCUT2D eigenvalue weighted by molar-refractivity contribution is 7.84. The van der Waals surface area contributed by atoms with Crippen LogP contribution in [0.4, 0.5) is 0 Å². The fraction of sp³-hybridized carbons (Fsp3) is 1.00. The van der Waals surface area contributed by atoms with Crippen molar-refractivity contribution in [1.29, 1.82) is 0 Å². The van der Waals surface area contributed by atoms with Gasteiger partial charge in [-0.15, -0.1) is 0 Å². The molecule has 0 saturated carbocycles. The van der Waals surface area contributed by atoms with E-state index in [-0.39, 0.29) is 12.6 Å². The minimum Gasteiger partial charge on any atom is -0.256 e. The van der Waals surface area contributed by atoms with Gasteiger partial charge in [0, 0.05) is 6.04 Å². The van der Waals surface area contributed by atoms with Crippen LogP contribution >= 0.6 is 0 Å². The van der Waals surface area contributed by atoms with E-state index in [1.165, 1.54) is 0 Å². The van der Waals surface area contributed by atoms with Crippen molar-refractivity contribution in [3.05, 3.63) is 0 Å². The van der Waals surface area contributed by atoms with Gasteiger partial charge < -0.3 is 0 Å². The molecular weight excluding hydrogens is 130 g/mol. The van der Waals surface area contributed by atoms with Crippen molar-refractivity contribution in [3.63, 3.8) is 0 Å². The summed E-state index contributed by atoms with van der Waals surface area (Å²) in [6.45, 7) is 1.99. The van der Waals surface area contributed by atoms with E-state index in [0.717, 1.165) is 0 Å². The van der Waals surface area contributed by atoms with Crippen molar-refractivity contribution in [1.82, 2.24) is 4.72 Å². The summed E-state index contributed by atoms with van der Waals surface area (Å²) < 4.78 is 27.2. The molecule has 1 unspecified atom stereocenters. The Morgan fingerprint density at radius 3 is 2.50 bits per heavy atom. The predicted octanol–water partition coefficient (Wildman–Crippen LogP) is -0.760. The minimum absolute atomic E-state index is 0.0694. The largest absolute Gasteiger partial charge is 0.336 e. The van der Waals surface area contributed by atoms with Gasteiger partial charge in [0.15, 0.2) is 0 Å². The van der Waals surface area contributed by atoms with Crippen LogP contribution in [0.2, 0.25) is 0 Å². The Kier molecular flexibility index (Phi) is 1.26. The predicted molar refractivity (Wildman–Crippen MR) is 27.5 cm³/mol. The summed E-state index contributed by atoms with van der Waals surface area (Å²) in [6.07, 6.45) is 0. The Morgan fingerprint density at radius 1 is 1.75 bits per heavy atom. The molecule has 0 bridgehead atoms. The van der Waals surface area contributed by atoms with Crippen molar-refractivity contribution in [3.8, 4) is 0 Å². The van der Waals surface area contributed by atoms with Gasteiger partial charge in [-0.2, -0.15) is 13.1 Å². The molecule has 1 atom stereocenters. The quantitative estimate of drug-likeness (QED) is 0.477. The summed E-state index contributed by atoms with van der Waals surface area (Å²) >= 11 is 0. The van der Waals surface area contributed by atoms with Gasteiger partial charge >= 0.3 is 10.3 Å². The molecule has 5 heteroatoms. The van der Waals surface area contributed by atoms with Gasteiger partial charge in [-0.25, -0.2) is 0 Å². The second kappa shape index (κ2) is 1.68. The molecule has 1 heterocycles. The highest BCUT2D eigenvalue weighted by Gasteiger charge is 2.23. The maximum Gasteiger partial charge on any atom is 0.336 e. The molecule has 1 fully saturated rings. The Hall–Kier alpha value is -0.130. The molecule has 0 aromatic rings. The zero-order chi connectivity index (χ0) is 6.20. The van der Waals surface area contributed by atoms with E-state index in [1.54, 1.807) is 6.92 Å². The highest BCUT2D eigenvalue weighted by Crippen LogP contribution is 2.00. The maximum atomic E-state index is 10.3. The lowest BCUT2D eigenvalue weighted by Crippen LogP contribution is -2.23. The van der Waals surface area contributed by atoms with Gasteiger partial charge in [-0.1, -0.05) is 0 Å². The Morgan fingerprint density at radius 2 is 2.38 bits per heavy atom. The topological polar surface area (TPSA) is 55.4 Å². The van der Waals surface area contributed by atoms with Crippen LogP contribution in [0.25, 0.3) is 0 Å². The molecule has 1 saturated heterocycles.